The number of rotatable bonds is 3. The van der Waals surface area contributed by atoms with E-state index in [0.29, 0.717) is 11.6 Å². The maximum absolute atomic E-state index is 5.64. The van der Waals surface area contributed by atoms with Crippen LogP contribution in [0.25, 0.3) is 11.0 Å². The molecule has 0 aliphatic carbocycles. The molecule has 0 saturated heterocycles. The Hall–Kier alpha value is -1.55. The third kappa shape index (κ3) is 1.70. The Balaban J connectivity index is 2.32. The van der Waals surface area contributed by atoms with Crippen LogP contribution < -0.4 is 5.32 Å². The molecule has 0 bridgehead atoms. The molecular weight excluding hydrogens is 200 g/mol. The summed E-state index contributed by atoms with van der Waals surface area (Å²) >= 11 is 5.64. The zero-order valence-corrected chi connectivity index (χ0v) is 8.17. The zero-order valence-electron chi connectivity index (χ0n) is 7.42. The third-order valence-electron chi connectivity index (χ3n) is 1.80. The van der Waals surface area contributed by atoms with Crippen LogP contribution in [0.1, 0.15) is 0 Å². The molecule has 2 N–H and O–H groups in total. The van der Waals surface area contributed by atoms with Crippen molar-refractivity contribution in [1.29, 1.82) is 0 Å². The van der Waals surface area contributed by atoms with E-state index >= 15 is 0 Å². The highest BCUT2D eigenvalue weighted by atomic mass is 35.5. The Morgan fingerprint density at radius 2 is 2.43 bits per heavy atom. The molecule has 72 valence electrons. The van der Waals surface area contributed by atoms with Crippen LogP contribution in [0.5, 0.6) is 0 Å². The molecule has 2 aromatic rings. The van der Waals surface area contributed by atoms with Gasteiger partial charge in [-0.05, 0) is 6.07 Å². The van der Waals surface area contributed by atoms with Gasteiger partial charge in [-0.3, -0.25) is 0 Å². The van der Waals surface area contributed by atoms with Crippen molar-refractivity contribution in [3.05, 3.63) is 30.2 Å². The van der Waals surface area contributed by atoms with Crippen molar-refractivity contribution in [3.63, 3.8) is 0 Å². The highest BCUT2D eigenvalue weighted by Gasteiger charge is 2.02. The molecule has 0 amide bonds. The number of hydrogen-bond donors (Lipinski definition) is 2. The fraction of sp³-hybridized carbons (Fsp3) is 0.111. The van der Waals surface area contributed by atoms with Crippen molar-refractivity contribution in [2.24, 2.45) is 0 Å². The fourth-order valence-electron chi connectivity index (χ4n) is 1.19. The van der Waals surface area contributed by atoms with Crippen molar-refractivity contribution in [2.75, 3.05) is 11.9 Å². The number of fused-ring (bicyclic) bond motifs is 1. The highest BCUT2D eigenvalue weighted by molar-refractivity contribution is 6.29. The summed E-state index contributed by atoms with van der Waals surface area (Å²) in [6.45, 7) is 4.09. The second kappa shape index (κ2) is 3.67. The average Bonchev–Trinajstić information content (AvgIpc) is 2.62. The van der Waals surface area contributed by atoms with E-state index in [1.54, 1.807) is 0 Å². The number of nitrogens with one attached hydrogen (secondary N) is 2. The molecule has 0 radical (unpaired) electrons. The lowest BCUT2D eigenvalue weighted by molar-refractivity contribution is 1.17. The zero-order chi connectivity index (χ0) is 9.97. The summed E-state index contributed by atoms with van der Waals surface area (Å²) in [4.78, 5) is 11.2. The second-order valence-corrected chi connectivity index (χ2v) is 3.37. The van der Waals surface area contributed by atoms with Crippen LogP contribution in [0.15, 0.2) is 30.2 Å². The highest BCUT2D eigenvalue weighted by Crippen LogP contribution is 2.17. The first-order valence-electron chi connectivity index (χ1n) is 4.12. The maximum atomic E-state index is 5.64. The smallest absolute Gasteiger partial charge is 0.142 e. The van der Waals surface area contributed by atoms with Crippen LogP contribution in [-0.4, -0.2) is 21.5 Å². The summed E-state index contributed by atoms with van der Waals surface area (Å²) in [5, 5.41) is 4.57. The predicted octanol–water partition coefficient (Wildman–Crippen LogP) is 2.12. The van der Waals surface area contributed by atoms with Gasteiger partial charge in [0, 0.05) is 11.2 Å². The van der Waals surface area contributed by atoms with Crippen LogP contribution in [-0.2, 0) is 0 Å². The van der Waals surface area contributed by atoms with Crippen LogP contribution in [0, 0.1) is 0 Å². The molecule has 2 aromatic heterocycles. The molecule has 0 aliphatic heterocycles. The minimum Gasteiger partial charge on any atom is -0.364 e. The quantitative estimate of drug-likeness (QED) is 0.813. The standard InChI is InChI=1S/C9H9ClN4/c1-6(10)4-12-9-7-2-3-11-8(7)13-5-14-9/h2-3,5H,1,4H2,(H2,11,12,13,14). The van der Waals surface area contributed by atoms with Gasteiger partial charge >= 0.3 is 0 Å². The van der Waals surface area contributed by atoms with Gasteiger partial charge in [0.2, 0.25) is 0 Å². The number of anilines is 1. The van der Waals surface area contributed by atoms with E-state index in [1.807, 2.05) is 12.3 Å². The molecule has 0 fully saturated rings. The van der Waals surface area contributed by atoms with E-state index in [0.717, 1.165) is 16.9 Å². The first-order chi connectivity index (χ1) is 6.77. The Morgan fingerprint density at radius 3 is 3.21 bits per heavy atom. The molecule has 0 spiro atoms. The Bertz CT molecular complexity index is 463. The van der Waals surface area contributed by atoms with Gasteiger partial charge in [-0.25, -0.2) is 9.97 Å². The molecular formula is C9H9ClN4. The molecule has 14 heavy (non-hydrogen) atoms. The largest absolute Gasteiger partial charge is 0.364 e. The predicted molar refractivity (Wildman–Crippen MR) is 57.4 cm³/mol. The number of halogens is 1. The topological polar surface area (TPSA) is 53.6 Å². The average molecular weight is 209 g/mol. The summed E-state index contributed by atoms with van der Waals surface area (Å²) in [5.74, 6) is 0.762. The second-order valence-electron chi connectivity index (χ2n) is 2.83. The van der Waals surface area contributed by atoms with E-state index < -0.39 is 0 Å². The van der Waals surface area contributed by atoms with Crippen molar-refractivity contribution in [3.8, 4) is 0 Å². The molecule has 2 rings (SSSR count). The van der Waals surface area contributed by atoms with Crippen LogP contribution in [0.4, 0.5) is 5.82 Å². The van der Waals surface area contributed by atoms with Gasteiger partial charge in [-0.15, -0.1) is 0 Å². The lowest BCUT2D eigenvalue weighted by atomic mass is 10.4. The summed E-state index contributed by atoms with van der Waals surface area (Å²) in [6.07, 6.45) is 3.32. The van der Waals surface area contributed by atoms with E-state index in [-0.39, 0.29) is 0 Å². The van der Waals surface area contributed by atoms with E-state index in [2.05, 4.69) is 26.8 Å². The molecule has 2 heterocycles. The molecule has 0 unspecified atom stereocenters. The monoisotopic (exact) mass is 208 g/mol. The molecule has 0 atom stereocenters. The first kappa shape index (κ1) is 9.02. The normalized spacial score (nSPS) is 10.4. The molecule has 0 saturated carbocycles. The number of hydrogen-bond acceptors (Lipinski definition) is 3. The number of aromatic amines is 1. The van der Waals surface area contributed by atoms with Gasteiger partial charge in [-0.2, -0.15) is 0 Å². The van der Waals surface area contributed by atoms with Crippen molar-refractivity contribution >= 4 is 28.5 Å². The Morgan fingerprint density at radius 1 is 1.57 bits per heavy atom. The summed E-state index contributed by atoms with van der Waals surface area (Å²) in [7, 11) is 0. The van der Waals surface area contributed by atoms with Crippen molar-refractivity contribution in [2.45, 2.75) is 0 Å². The SMILES string of the molecule is C=C(Cl)CNc1ncnc2[nH]ccc12. The number of aromatic nitrogens is 3. The van der Waals surface area contributed by atoms with Crippen LogP contribution in [0.3, 0.4) is 0 Å². The van der Waals surface area contributed by atoms with Crippen LogP contribution in [0.2, 0.25) is 0 Å². The minimum atomic E-state index is 0.499. The molecule has 0 aromatic carbocycles. The lowest BCUT2D eigenvalue weighted by Gasteiger charge is -2.03. The Labute approximate surface area is 86.0 Å². The maximum Gasteiger partial charge on any atom is 0.142 e. The van der Waals surface area contributed by atoms with Gasteiger partial charge in [0.25, 0.3) is 0 Å². The van der Waals surface area contributed by atoms with Crippen molar-refractivity contribution < 1.29 is 0 Å². The summed E-state index contributed by atoms with van der Waals surface area (Å²) in [6, 6.07) is 1.91. The lowest BCUT2D eigenvalue weighted by Crippen LogP contribution is -2.03. The summed E-state index contributed by atoms with van der Waals surface area (Å²) < 4.78 is 0. The van der Waals surface area contributed by atoms with Crippen molar-refractivity contribution in [1.82, 2.24) is 15.0 Å². The van der Waals surface area contributed by atoms with E-state index in [9.17, 15) is 0 Å². The minimum absolute atomic E-state index is 0.499. The fourth-order valence-corrected chi connectivity index (χ4v) is 1.26. The van der Waals surface area contributed by atoms with Gasteiger partial charge in [-0.1, -0.05) is 18.2 Å². The van der Waals surface area contributed by atoms with E-state index in [1.165, 1.54) is 6.33 Å². The summed E-state index contributed by atoms with van der Waals surface area (Å²) in [5.41, 5.74) is 0.808. The van der Waals surface area contributed by atoms with Gasteiger partial charge in [0.15, 0.2) is 0 Å². The molecule has 0 aliphatic rings. The van der Waals surface area contributed by atoms with Crippen LogP contribution >= 0.6 is 11.6 Å². The first-order valence-corrected chi connectivity index (χ1v) is 4.50. The van der Waals surface area contributed by atoms with Gasteiger partial charge < -0.3 is 10.3 Å². The van der Waals surface area contributed by atoms with Gasteiger partial charge in [0.05, 0.1) is 11.9 Å². The Kier molecular flexibility index (Phi) is 2.37. The van der Waals surface area contributed by atoms with Gasteiger partial charge in [0.1, 0.15) is 17.8 Å². The molecule has 5 heteroatoms. The number of H-pyrrole nitrogens is 1. The third-order valence-corrected chi connectivity index (χ3v) is 1.94. The van der Waals surface area contributed by atoms with E-state index in [4.69, 9.17) is 11.6 Å². The number of nitrogens with zero attached hydrogens (tertiary/aromatic N) is 2. The molecule has 4 nitrogen and oxygen atoms in total.